The number of para-hydroxylation sites is 1. The van der Waals surface area contributed by atoms with Crippen LogP contribution in [0.15, 0.2) is 30.3 Å². The normalized spacial score (nSPS) is 17.0. The van der Waals surface area contributed by atoms with E-state index >= 15 is 0 Å². The van der Waals surface area contributed by atoms with Crippen LogP contribution in [0, 0.1) is 16.0 Å². The molecule has 1 fully saturated rings. The van der Waals surface area contributed by atoms with Gasteiger partial charge >= 0.3 is 0 Å². The van der Waals surface area contributed by atoms with Crippen LogP contribution in [0.25, 0.3) is 6.08 Å². The summed E-state index contributed by atoms with van der Waals surface area (Å²) in [4.78, 5) is 25.2. The maximum Gasteiger partial charge on any atom is 0.276 e. The Morgan fingerprint density at radius 2 is 2.04 bits per heavy atom. The second-order valence-electron chi connectivity index (χ2n) is 6.25. The van der Waals surface area contributed by atoms with Crippen LogP contribution in [0.5, 0.6) is 0 Å². The van der Waals surface area contributed by atoms with Gasteiger partial charge in [-0.1, -0.05) is 32.4 Å². The molecule has 0 aliphatic heterocycles. The molecule has 1 aliphatic rings. The largest absolute Gasteiger partial charge is 0.333 e. The molecule has 0 N–H and O–H groups in total. The summed E-state index contributed by atoms with van der Waals surface area (Å²) in [6.07, 6.45) is 6.14. The number of carbonyl (C=O) groups is 1. The van der Waals surface area contributed by atoms with E-state index in [9.17, 15) is 14.9 Å². The number of rotatable bonds is 7. The van der Waals surface area contributed by atoms with Gasteiger partial charge in [0.15, 0.2) is 0 Å². The minimum absolute atomic E-state index is 0.0181. The third-order valence-corrected chi connectivity index (χ3v) is 4.64. The molecule has 5 heteroatoms. The van der Waals surface area contributed by atoms with Gasteiger partial charge in [0.1, 0.15) is 0 Å². The molecule has 0 saturated heterocycles. The molecule has 1 aromatic carbocycles. The Morgan fingerprint density at radius 1 is 1.39 bits per heavy atom. The van der Waals surface area contributed by atoms with Gasteiger partial charge < -0.3 is 4.90 Å². The summed E-state index contributed by atoms with van der Waals surface area (Å²) in [7, 11) is 0. The Labute approximate surface area is 137 Å². The molecular weight excluding hydrogens is 292 g/mol. The molecule has 0 spiro atoms. The highest BCUT2D eigenvalue weighted by molar-refractivity contribution is 5.93. The van der Waals surface area contributed by atoms with Crippen LogP contribution in [0.3, 0.4) is 0 Å². The monoisotopic (exact) mass is 316 g/mol. The lowest BCUT2D eigenvalue weighted by Gasteiger charge is -2.32. The topological polar surface area (TPSA) is 63.5 Å². The lowest BCUT2D eigenvalue weighted by atomic mass is 9.99. The average Bonchev–Trinajstić information content (AvgIpc) is 3.37. The summed E-state index contributed by atoms with van der Waals surface area (Å²) < 4.78 is 0. The Kier molecular flexibility index (Phi) is 5.53. The summed E-state index contributed by atoms with van der Waals surface area (Å²) in [6, 6.07) is 6.96. The highest BCUT2D eigenvalue weighted by atomic mass is 16.6. The van der Waals surface area contributed by atoms with Crippen LogP contribution in [0.2, 0.25) is 0 Å². The maximum atomic E-state index is 12.6. The van der Waals surface area contributed by atoms with E-state index in [-0.39, 0.29) is 17.6 Å². The number of nitro groups is 1. The predicted octanol–water partition coefficient (Wildman–Crippen LogP) is 4.03. The quantitative estimate of drug-likeness (QED) is 0.433. The van der Waals surface area contributed by atoms with Crippen molar-refractivity contribution in [3.63, 3.8) is 0 Å². The van der Waals surface area contributed by atoms with Crippen molar-refractivity contribution in [3.8, 4) is 0 Å². The van der Waals surface area contributed by atoms with Crippen LogP contribution in [0.1, 0.15) is 45.6 Å². The van der Waals surface area contributed by atoms with Crippen LogP contribution in [0.4, 0.5) is 5.69 Å². The molecule has 124 valence electrons. The first-order valence-electron chi connectivity index (χ1n) is 8.19. The highest BCUT2D eigenvalue weighted by Gasteiger charge is 2.36. The minimum atomic E-state index is -0.426. The van der Waals surface area contributed by atoms with Crippen LogP contribution < -0.4 is 0 Å². The molecule has 2 atom stereocenters. The van der Waals surface area contributed by atoms with Gasteiger partial charge in [0.25, 0.3) is 5.69 Å². The Morgan fingerprint density at radius 3 is 2.61 bits per heavy atom. The molecule has 1 aliphatic carbocycles. The zero-order valence-electron chi connectivity index (χ0n) is 13.9. The molecule has 2 unspecified atom stereocenters. The van der Waals surface area contributed by atoms with Gasteiger partial charge in [-0.3, -0.25) is 14.9 Å². The molecule has 23 heavy (non-hydrogen) atoms. The Hall–Kier alpha value is -2.17. The second kappa shape index (κ2) is 7.40. The van der Waals surface area contributed by atoms with E-state index < -0.39 is 4.92 Å². The van der Waals surface area contributed by atoms with Crippen LogP contribution in [-0.2, 0) is 4.79 Å². The van der Waals surface area contributed by atoms with E-state index in [0.29, 0.717) is 17.5 Å². The summed E-state index contributed by atoms with van der Waals surface area (Å²) in [5, 5.41) is 11.0. The zero-order valence-corrected chi connectivity index (χ0v) is 13.9. The van der Waals surface area contributed by atoms with E-state index in [1.165, 1.54) is 12.1 Å². The Bertz CT molecular complexity index is 608. The summed E-state index contributed by atoms with van der Waals surface area (Å²) >= 11 is 0. The van der Waals surface area contributed by atoms with Crippen molar-refractivity contribution >= 4 is 17.7 Å². The fourth-order valence-corrected chi connectivity index (χ4v) is 2.72. The lowest BCUT2D eigenvalue weighted by molar-refractivity contribution is -0.385. The van der Waals surface area contributed by atoms with Crippen LogP contribution >= 0.6 is 0 Å². The Balaban J connectivity index is 2.17. The molecule has 5 nitrogen and oxygen atoms in total. The van der Waals surface area contributed by atoms with E-state index in [0.717, 1.165) is 19.3 Å². The molecule has 0 heterocycles. The van der Waals surface area contributed by atoms with Gasteiger partial charge in [-0.15, -0.1) is 0 Å². The number of nitrogens with zero attached hydrogens (tertiary/aromatic N) is 2. The molecular formula is C18H24N2O3. The summed E-state index contributed by atoms with van der Waals surface area (Å²) in [5.74, 6) is 0.373. The smallest absolute Gasteiger partial charge is 0.276 e. The van der Waals surface area contributed by atoms with Gasteiger partial charge in [-0.2, -0.15) is 0 Å². The van der Waals surface area contributed by atoms with Crippen molar-refractivity contribution in [1.82, 2.24) is 4.90 Å². The summed E-state index contributed by atoms with van der Waals surface area (Å²) in [5.41, 5.74) is 0.474. The molecule has 2 rings (SSSR count). The zero-order chi connectivity index (χ0) is 17.0. The van der Waals surface area contributed by atoms with E-state index in [1.807, 2.05) is 4.90 Å². The van der Waals surface area contributed by atoms with Crippen molar-refractivity contribution in [3.05, 3.63) is 46.0 Å². The average molecular weight is 316 g/mol. The molecule has 0 bridgehead atoms. The lowest BCUT2D eigenvalue weighted by Crippen LogP contribution is -2.42. The van der Waals surface area contributed by atoms with Gasteiger partial charge in [-0.05, 0) is 37.8 Å². The van der Waals surface area contributed by atoms with Crippen molar-refractivity contribution in [2.75, 3.05) is 0 Å². The van der Waals surface area contributed by atoms with E-state index in [1.54, 1.807) is 24.3 Å². The van der Waals surface area contributed by atoms with Gasteiger partial charge in [-0.25, -0.2) is 0 Å². The highest BCUT2D eigenvalue weighted by Crippen LogP contribution is 2.32. The van der Waals surface area contributed by atoms with Crippen LogP contribution in [-0.4, -0.2) is 27.8 Å². The number of carbonyl (C=O) groups excluding carboxylic acids is 1. The van der Waals surface area contributed by atoms with E-state index in [2.05, 4.69) is 20.8 Å². The van der Waals surface area contributed by atoms with Gasteiger partial charge in [0, 0.05) is 24.2 Å². The fraction of sp³-hybridized carbons (Fsp3) is 0.500. The number of hydrogen-bond acceptors (Lipinski definition) is 3. The number of hydrogen-bond donors (Lipinski definition) is 0. The molecule has 1 aromatic rings. The van der Waals surface area contributed by atoms with E-state index in [4.69, 9.17) is 0 Å². The first kappa shape index (κ1) is 17.2. The number of benzene rings is 1. The second-order valence-corrected chi connectivity index (χ2v) is 6.25. The number of amides is 1. The van der Waals surface area contributed by atoms with Crippen molar-refractivity contribution < 1.29 is 9.72 Å². The van der Waals surface area contributed by atoms with Gasteiger partial charge in [0.2, 0.25) is 5.91 Å². The molecule has 0 aromatic heterocycles. The maximum absolute atomic E-state index is 12.6. The van der Waals surface area contributed by atoms with Crippen molar-refractivity contribution in [2.24, 2.45) is 5.92 Å². The summed E-state index contributed by atoms with van der Waals surface area (Å²) in [6.45, 7) is 6.36. The van der Waals surface area contributed by atoms with Crippen molar-refractivity contribution in [2.45, 2.75) is 52.1 Å². The third kappa shape index (κ3) is 4.18. The van der Waals surface area contributed by atoms with Gasteiger partial charge in [0.05, 0.1) is 10.5 Å². The fourth-order valence-electron chi connectivity index (χ4n) is 2.72. The first-order valence-corrected chi connectivity index (χ1v) is 8.19. The minimum Gasteiger partial charge on any atom is -0.333 e. The number of nitro benzene ring substituents is 1. The first-order chi connectivity index (χ1) is 11.0. The molecule has 0 radical (unpaired) electrons. The predicted molar refractivity (Wildman–Crippen MR) is 90.9 cm³/mol. The SMILES string of the molecule is CCC(C)C(C)N(C(=O)C=Cc1ccccc1[N+](=O)[O-])C1CC1. The van der Waals surface area contributed by atoms with Crippen molar-refractivity contribution in [1.29, 1.82) is 0 Å². The third-order valence-electron chi connectivity index (χ3n) is 4.64. The molecule has 1 amide bonds. The standard InChI is InChI=1S/C18H24N2O3/c1-4-13(2)14(3)19(16-10-11-16)18(21)12-9-15-7-5-6-8-17(15)20(22)23/h5-9,12-14,16H,4,10-11H2,1-3H3. The molecule has 1 saturated carbocycles.